The van der Waals surface area contributed by atoms with Crippen LogP contribution in [-0.4, -0.2) is 40.7 Å². The van der Waals surface area contributed by atoms with Gasteiger partial charge in [0.1, 0.15) is 5.82 Å². The van der Waals surface area contributed by atoms with Gasteiger partial charge in [-0.3, -0.25) is 4.79 Å². The third kappa shape index (κ3) is 5.06. The number of thioether (sulfide) groups is 1. The Morgan fingerprint density at radius 2 is 2.33 bits per heavy atom. The maximum absolute atomic E-state index is 11.4. The van der Waals surface area contributed by atoms with Crippen molar-refractivity contribution in [2.24, 2.45) is 0 Å². The zero-order valence-electron chi connectivity index (χ0n) is 10.3. The molecule has 1 heterocycles. The molecule has 96 valence electrons. The van der Waals surface area contributed by atoms with E-state index in [9.17, 15) is 4.79 Å². The Morgan fingerprint density at radius 3 is 2.94 bits per heavy atom. The van der Waals surface area contributed by atoms with Gasteiger partial charge < -0.3 is 10.6 Å². The second kappa shape index (κ2) is 8.37. The van der Waals surface area contributed by atoms with Crippen molar-refractivity contribution in [2.45, 2.75) is 6.92 Å². The van der Waals surface area contributed by atoms with Crippen molar-refractivity contribution < 1.29 is 4.79 Å². The lowest BCUT2D eigenvalue weighted by molar-refractivity contribution is 0.0950. The lowest BCUT2D eigenvalue weighted by Gasteiger charge is -2.04. The lowest BCUT2D eigenvalue weighted by Crippen LogP contribution is -2.24. The topological polar surface area (TPSA) is 66.9 Å². The summed E-state index contributed by atoms with van der Waals surface area (Å²) in [6.07, 6.45) is 5.14. The maximum atomic E-state index is 11.4. The molecule has 1 rings (SSSR count). The molecule has 0 aromatic carbocycles. The molecule has 5 nitrogen and oxygen atoms in total. The highest BCUT2D eigenvalue weighted by molar-refractivity contribution is 7.99. The summed E-state index contributed by atoms with van der Waals surface area (Å²) >= 11 is 1.68. The highest BCUT2D eigenvalue weighted by Crippen LogP contribution is 2.03. The summed E-state index contributed by atoms with van der Waals surface area (Å²) in [7, 11) is 0. The van der Waals surface area contributed by atoms with Crippen LogP contribution in [0, 0.1) is 12.3 Å². The first-order valence-electron chi connectivity index (χ1n) is 5.65. The van der Waals surface area contributed by atoms with E-state index in [1.54, 1.807) is 23.9 Å². The number of rotatable bonds is 7. The van der Waals surface area contributed by atoms with Crippen molar-refractivity contribution >= 4 is 23.5 Å². The van der Waals surface area contributed by atoms with Crippen LogP contribution in [0.5, 0.6) is 0 Å². The number of amides is 1. The minimum absolute atomic E-state index is 0.207. The Labute approximate surface area is 111 Å². The van der Waals surface area contributed by atoms with Crippen LogP contribution in [0.3, 0.4) is 0 Å². The van der Waals surface area contributed by atoms with Gasteiger partial charge in [-0.1, -0.05) is 5.92 Å². The van der Waals surface area contributed by atoms with Crippen molar-refractivity contribution in [3.05, 3.63) is 17.8 Å². The van der Waals surface area contributed by atoms with Crippen molar-refractivity contribution in [3.63, 3.8) is 0 Å². The fourth-order valence-corrected chi connectivity index (χ4v) is 1.69. The van der Waals surface area contributed by atoms with E-state index >= 15 is 0 Å². The first kappa shape index (κ1) is 14.3. The van der Waals surface area contributed by atoms with E-state index < -0.39 is 0 Å². The normalized spacial score (nSPS) is 9.56. The van der Waals surface area contributed by atoms with Crippen LogP contribution in [0.4, 0.5) is 5.82 Å². The van der Waals surface area contributed by atoms with Crippen LogP contribution in [0.15, 0.2) is 12.1 Å². The summed E-state index contributed by atoms with van der Waals surface area (Å²) < 4.78 is 0. The van der Waals surface area contributed by atoms with E-state index in [-0.39, 0.29) is 5.91 Å². The first-order chi connectivity index (χ1) is 8.77. The van der Waals surface area contributed by atoms with Crippen LogP contribution < -0.4 is 10.6 Å². The molecule has 0 fully saturated rings. The highest BCUT2D eigenvalue weighted by Gasteiger charge is 2.05. The number of nitrogens with zero attached hydrogens (tertiary/aromatic N) is 2. The molecule has 18 heavy (non-hydrogen) atoms. The van der Waals surface area contributed by atoms with Gasteiger partial charge in [-0.2, -0.15) is 0 Å². The molecule has 1 aromatic rings. The zero-order chi connectivity index (χ0) is 13.2. The molecule has 2 N–H and O–H groups in total. The number of hydrogen-bond donors (Lipinski definition) is 2. The number of anilines is 1. The van der Waals surface area contributed by atoms with Gasteiger partial charge in [-0.15, -0.1) is 28.4 Å². The Balaban J connectivity index is 2.36. The predicted octanol–water partition coefficient (Wildman–Crippen LogP) is 1.00. The van der Waals surface area contributed by atoms with Gasteiger partial charge in [0.2, 0.25) is 0 Å². The Bertz CT molecular complexity index is 413. The number of carbonyl (C=O) groups is 1. The summed E-state index contributed by atoms with van der Waals surface area (Å²) in [5.41, 5.74) is 0.323. The fourth-order valence-electron chi connectivity index (χ4n) is 1.18. The average molecular weight is 264 g/mol. The SMILES string of the molecule is C#CCSCCNc1ccc(C(=O)NCC)nn1. The third-order valence-corrected chi connectivity index (χ3v) is 2.84. The van der Waals surface area contributed by atoms with Crippen LogP contribution in [-0.2, 0) is 0 Å². The molecule has 0 saturated heterocycles. The number of carbonyl (C=O) groups excluding carboxylic acids is 1. The van der Waals surface area contributed by atoms with E-state index in [0.717, 1.165) is 12.3 Å². The molecule has 0 saturated carbocycles. The van der Waals surface area contributed by atoms with Crippen molar-refractivity contribution in [3.8, 4) is 12.3 Å². The van der Waals surface area contributed by atoms with Crippen LogP contribution in [0.2, 0.25) is 0 Å². The highest BCUT2D eigenvalue weighted by atomic mass is 32.2. The molecule has 1 aromatic heterocycles. The van der Waals surface area contributed by atoms with E-state index in [1.165, 1.54) is 0 Å². The van der Waals surface area contributed by atoms with Crippen molar-refractivity contribution in [2.75, 3.05) is 29.9 Å². The predicted molar refractivity (Wildman–Crippen MR) is 74.7 cm³/mol. The molecule has 1 amide bonds. The number of aromatic nitrogens is 2. The number of hydrogen-bond acceptors (Lipinski definition) is 5. The van der Waals surface area contributed by atoms with Crippen molar-refractivity contribution in [1.29, 1.82) is 0 Å². The molecule has 0 bridgehead atoms. The van der Waals surface area contributed by atoms with E-state index in [2.05, 4.69) is 26.8 Å². The quantitative estimate of drug-likeness (QED) is 0.568. The monoisotopic (exact) mass is 264 g/mol. The molecule has 0 unspecified atom stereocenters. The summed E-state index contributed by atoms with van der Waals surface area (Å²) in [5.74, 6) is 4.63. The fraction of sp³-hybridized carbons (Fsp3) is 0.417. The molecule has 6 heteroatoms. The van der Waals surface area contributed by atoms with E-state index in [4.69, 9.17) is 6.42 Å². The standard InChI is InChI=1S/C12H16N4OS/c1-3-8-18-9-7-14-11-6-5-10(15-16-11)12(17)13-4-2/h1,5-6H,4,7-9H2,2H3,(H,13,17)(H,14,16). The molecule has 0 atom stereocenters. The largest absolute Gasteiger partial charge is 0.368 e. The lowest BCUT2D eigenvalue weighted by atomic mass is 10.3. The molecule has 0 aliphatic rings. The molecule has 0 spiro atoms. The Kier molecular flexibility index (Phi) is 6.66. The second-order valence-corrected chi connectivity index (χ2v) is 4.45. The molecule has 0 aliphatic carbocycles. The smallest absolute Gasteiger partial charge is 0.271 e. The molecular formula is C12H16N4OS. The molecule has 0 aliphatic heterocycles. The van der Waals surface area contributed by atoms with Gasteiger partial charge in [-0.25, -0.2) is 0 Å². The summed E-state index contributed by atoms with van der Waals surface area (Å²) in [4.78, 5) is 11.4. The summed E-state index contributed by atoms with van der Waals surface area (Å²) in [5, 5.41) is 13.5. The minimum Gasteiger partial charge on any atom is -0.368 e. The second-order valence-electron chi connectivity index (χ2n) is 3.35. The van der Waals surface area contributed by atoms with Gasteiger partial charge in [-0.05, 0) is 19.1 Å². The molecular weight excluding hydrogens is 248 g/mol. The van der Waals surface area contributed by atoms with Gasteiger partial charge in [0.15, 0.2) is 5.69 Å². The van der Waals surface area contributed by atoms with E-state index in [0.29, 0.717) is 23.8 Å². The van der Waals surface area contributed by atoms with Crippen LogP contribution in [0.25, 0.3) is 0 Å². The maximum Gasteiger partial charge on any atom is 0.271 e. The zero-order valence-corrected chi connectivity index (χ0v) is 11.1. The van der Waals surface area contributed by atoms with Gasteiger partial charge in [0.25, 0.3) is 5.91 Å². The van der Waals surface area contributed by atoms with Crippen LogP contribution >= 0.6 is 11.8 Å². The summed E-state index contributed by atoms with van der Waals surface area (Å²) in [6.45, 7) is 3.20. The number of terminal acetylenes is 1. The number of nitrogens with one attached hydrogen (secondary N) is 2. The van der Waals surface area contributed by atoms with Gasteiger partial charge in [0.05, 0.1) is 5.75 Å². The molecule has 0 radical (unpaired) electrons. The van der Waals surface area contributed by atoms with Gasteiger partial charge in [0, 0.05) is 18.8 Å². The minimum atomic E-state index is -0.207. The summed E-state index contributed by atoms with van der Waals surface area (Å²) in [6, 6.07) is 3.39. The van der Waals surface area contributed by atoms with Gasteiger partial charge >= 0.3 is 0 Å². The average Bonchev–Trinajstić information content (AvgIpc) is 2.39. The first-order valence-corrected chi connectivity index (χ1v) is 6.80. The van der Waals surface area contributed by atoms with E-state index in [1.807, 2.05) is 6.92 Å². The van der Waals surface area contributed by atoms with Crippen molar-refractivity contribution in [1.82, 2.24) is 15.5 Å². The Morgan fingerprint density at radius 1 is 1.50 bits per heavy atom. The third-order valence-electron chi connectivity index (χ3n) is 1.97. The Hall–Kier alpha value is -1.74. The van der Waals surface area contributed by atoms with Crippen LogP contribution in [0.1, 0.15) is 17.4 Å².